The normalized spacial score (nSPS) is 16.7. The number of carbonyl (C=O) groups is 1. The van der Waals surface area contributed by atoms with Gasteiger partial charge in [0.25, 0.3) is 0 Å². The number of esters is 1. The number of hydrogen-bond acceptors (Lipinski definition) is 4. The van der Waals surface area contributed by atoms with Gasteiger partial charge >= 0.3 is 5.97 Å². The number of benzene rings is 1. The molecule has 1 aromatic carbocycles. The van der Waals surface area contributed by atoms with Gasteiger partial charge in [-0.3, -0.25) is 9.80 Å². The number of hydrogen-bond donors (Lipinski definition) is 1. The van der Waals surface area contributed by atoms with Crippen molar-refractivity contribution in [3.63, 3.8) is 0 Å². The Morgan fingerprint density at radius 2 is 1.91 bits per heavy atom. The van der Waals surface area contributed by atoms with Crippen molar-refractivity contribution in [2.24, 2.45) is 5.84 Å². The first-order valence-electron chi connectivity index (χ1n) is 8.29. The van der Waals surface area contributed by atoms with E-state index in [2.05, 4.69) is 24.3 Å². The summed E-state index contributed by atoms with van der Waals surface area (Å²) in [4.78, 5) is 11.4. The SMILES string of the molecule is CC(=O)OC(C)C(=S)N(N)Cc1ccc(C2CCCCC2)cc1. The second-order valence-electron chi connectivity index (χ2n) is 6.29. The Morgan fingerprint density at radius 1 is 1.30 bits per heavy atom. The minimum absolute atomic E-state index is 0.356. The van der Waals surface area contributed by atoms with E-state index in [4.69, 9.17) is 22.8 Å². The Kier molecular flexibility index (Phi) is 6.54. The Bertz CT molecular complexity index is 538. The van der Waals surface area contributed by atoms with E-state index in [1.165, 1.54) is 49.6 Å². The van der Waals surface area contributed by atoms with Crippen molar-refractivity contribution in [1.82, 2.24) is 5.01 Å². The van der Waals surface area contributed by atoms with Gasteiger partial charge in [-0.2, -0.15) is 0 Å². The van der Waals surface area contributed by atoms with E-state index >= 15 is 0 Å². The molecule has 0 amide bonds. The zero-order valence-corrected chi connectivity index (χ0v) is 14.8. The van der Waals surface area contributed by atoms with Crippen LogP contribution < -0.4 is 5.84 Å². The maximum atomic E-state index is 11.0. The van der Waals surface area contributed by atoms with Crippen LogP contribution in [-0.2, 0) is 16.1 Å². The molecule has 0 saturated heterocycles. The number of ether oxygens (including phenoxy) is 1. The van der Waals surface area contributed by atoms with E-state index in [9.17, 15) is 4.79 Å². The van der Waals surface area contributed by atoms with Crippen LogP contribution in [0.15, 0.2) is 24.3 Å². The fourth-order valence-electron chi connectivity index (χ4n) is 3.14. The molecule has 23 heavy (non-hydrogen) atoms. The van der Waals surface area contributed by atoms with Crippen LogP contribution in [0.25, 0.3) is 0 Å². The summed E-state index contributed by atoms with van der Waals surface area (Å²) in [6.07, 6.45) is 6.15. The van der Waals surface area contributed by atoms with Crippen LogP contribution in [0.2, 0.25) is 0 Å². The van der Waals surface area contributed by atoms with Crippen molar-refractivity contribution in [2.45, 2.75) is 64.5 Å². The van der Waals surface area contributed by atoms with Crippen LogP contribution in [0.1, 0.15) is 63.0 Å². The summed E-state index contributed by atoms with van der Waals surface area (Å²) in [6, 6.07) is 8.64. The molecule has 126 valence electrons. The van der Waals surface area contributed by atoms with Crippen molar-refractivity contribution in [3.05, 3.63) is 35.4 Å². The van der Waals surface area contributed by atoms with E-state index < -0.39 is 6.10 Å². The van der Waals surface area contributed by atoms with Gasteiger partial charge in [0.2, 0.25) is 0 Å². The molecule has 0 spiro atoms. The van der Waals surface area contributed by atoms with Crippen LogP contribution in [0.3, 0.4) is 0 Å². The summed E-state index contributed by atoms with van der Waals surface area (Å²) in [5.74, 6) is 6.36. The number of nitrogens with zero attached hydrogens (tertiary/aromatic N) is 1. The monoisotopic (exact) mass is 334 g/mol. The van der Waals surface area contributed by atoms with Gasteiger partial charge < -0.3 is 4.74 Å². The van der Waals surface area contributed by atoms with Crippen LogP contribution >= 0.6 is 12.2 Å². The van der Waals surface area contributed by atoms with E-state index in [1.54, 1.807) is 6.92 Å². The fraction of sp³-hybridized carbons (Fsp3) is 0.556. The largest absolute Gasteiger partial charge is 0.455 e. The van der Waals surface area contributed by atoms with Gasteiger partial charge in [0.15, 0.2) is 6.10 Å². The third kappa shape index (κ3) is 5.29. The zero-order chi connectivity index (χ0) is 16.8. The van der Waals surface area contributed by atoms with Crippen molar-refractivity contribution in [2.75, 3.05) is 0 Å². The Labute approximate surface area is 144 Å². The standard InChI is InChI=1S/C18H26N2O2S/c1-13(22-14(2)21)18(23)20(19)12-15-8-10-17(11-9-15)16-6-4-3-5-7-16/h8-11,13,16H,3-7,12,19H2,1-2H3. The molecule has 0 bridgehead atoms. The topological polar surface area (TPSA) is 55.6 Å². The van der Waals surface area contributed by atoms with Gasteiger partial charge in [0, 0.05) is 6.92 Å². The second kappa shape index (κ2) is 8.41. The van der Waals surface area contributed by atoms with Crippen LogP contribution in [0.4, 0.5) is 0 Å². The highest BCUT2D eigenvalue weighted by atomic mass is 32.1. The first-order valence-corrected chi connectivity index (χ1v) is 8.70. The minimum atomic E-state index is -0.492. The average molecular weight is 334 g/mol. The smallest absolute Gasteiger partial charge is 0.303 e. The maximum absolute atomic E-state index is 11.0. The molecule has 0 heterocycles. The van der Waals surface area contributed by atoms with Gasteiger partial charge in [-0.1, -0.05) is 55.7 Å². The highest BCUT2D eigenvalue weighted by molar-refractivity contribution is 7.80. The molecule has 1 aliphatic carbocycles. The second-order valence-corrected chi connectivity index (χ2v) is 6.71. The molecule has 5 heteroatoms. The van der Waals surface area contributed by atoms with Crippen LogP contribution in [0.5, 0.6) is 0 Å². The average Bonchev–Trinajstić information content (AvgIpc) is 2.55. The molecule has 4 nitrogen and oxygen atoms in total. The molecule has 1 aliphatic rings. The van der Waals surface area contributed by atoms with Crippen LogP contribution in [-0.4, -0.2) is 22.1 Å². The third-order valence-electron chi connectivity index (χ3n) is 4.38. The van der Waals surface area contributed by atoms with E-state index in [-0.39, 0.29) is 5.97 Å². The lowest BCUT2D eigenvalue weighted by Crippen LogP contribution is -2.42. The first-order chi connectivity index (χ1) is 11.0. The summed E-state index contributed by atoms with van der Waals surface area (Å²) in [7, 11) is 0. The lowest BCUT2D eigenvalue weighted by atomic mass is 9.84. The summed E-state index contributed by atoms with van der Waals surface area (Å²) >= 11 is 5.27. The Balaban J connectivity index is 1.91. The van der Waals surface area contributed by atoms with Crippen LogP contribution in [0, 0.1) is 0 Å². The Hall–Kier alpha value is -1.46. The van der Waals surface area contributed by atoms with E-state index in [1.807, 2.05) is 0 Å². The minimum Gasteiger partial charge on any atom is -0.455 e. The number of nitrogens with two attached hydrogens (primary N) is 1. The van der Waals surface area contributed by atoms with Crippen molar-refractivity contribution >= 4 is 23.2 Å². The molecular formula is C18H26N2O2S. The van der Waals surface area contributed by atoms with E-state index in [0.717, 1.165) is 5.56 Å². The van der Waals surface area contributed by atoms with Crippen molar-refractivity contribution in [3.8, 4) is 0 Å². The summed E-state index contributed by atoms with van der Waals surface area (Å²) in [5.41, 5.74) is 2.53. The molecule has 0 aliphatic heterocycles. The summed E-state index contributed by atoms with van der Waals surface area (Å²) in [6.45, 7) is 3.61. The first kappa shape index (κ1) is 17.9. The highest BCUT2D eigenvalue weighted by Gasteiger charge is 2.18. The number of rotatable bonds is 5. The molecule has 1 aromatic rings. The molecule has 1 fully saturated rings. The molecule has 1 saturated carbocycles. The lowest BCUT2D eigenvalue weighted by Gasteiger charge is -2.24. The number of hydrazine groups is 1. The molecule has 0 aromatic heterocycles. The van der Waals surface area contributed by atoms with Gasteiger partial charge in [-0.05, 0) is 36.8 Å². The molecular weight excluding hydrogens is 308 g/mol. The number of thiocarbonyl (C=S) groups is 1. The molecule has 2 N–H and O–H groups in total. The summed E-state index contributed by atoms with van der Waals surface area (Å²) < 4.78 is 5.07. The maximum Gasteiger partial charge on any atom is 0.303 e. The van der Waals surface area contributed by atoms with Crippen molar-refractivity contribution in [1.29, 1.82) is 0 Å². The van der Waals surface area contributed by atoms with Gasteiger partial charge in [0.1, 0.15) is 4.99 Å². The van der Waals surface area contributed by atoms with Crippen molar-refractivity contribution < 1.29 is 9.53 Å². The predicted molar refractivity (Wildman–Crippen MR) is 95.8 cm³/mol. The zero-order valence-electron chi connectivity index (χ0n) is 14.0. The van der Waals surface area contributed by atoms with E-state index in [0.29, 0.717) is 17.5 Å². The quantitative estimate of drug-likeness (QED) is 0.385. The molecule has 2 rings (SSSR count). The fourth-order valence-corrected chi connectivity index (χ4v) is 3.25. The Morgan fingerprint density at radius 3 is 2.48 bits per heavy atom. The molecule has 0 radical (unpaired) electrons. The molecule has 1 unspecified atom stereocenters. The lowest BCUT2D eigenvalue weighted by molar-refractivity contribution is -0.142. The molecule has 1 atom stereocenters. The third-order valence-corrected chi connectivity index (χ3v) is 4.95. The van der Waals surface area contributed by atoms with Gasteiger partial charge in [0.05, 0.1) is 6.54 Å². The predicted octanol–water partition coefficient (Wildman–Crippen LogP) is 3.69. The van der Waals surface area contributed by atoms with Gasteiger partial charge in [-0.25, -0.2) is 5.84 Å². The van der Waals surface area contributed by atoms with Gasteiger partial charge in [-0.15, -0.1) is 0 Å². The summed E-state index contributed by atoms with van der Waals surface area (Å²) in [5, 5.41) is 1.47. The highest BCUT2D eigenvalue weighted by Crippen LogP contribution is 2.32. The number of carbonyl (C=O) groups excluding carboxylic acids is 1.